The monoisotopic (exact) mass is 329 g/mol. The number of benzene rings is 1. The van der Waals surface area contributed by atoms with Crippen molar-refractivity contribution in [2.75, 3.05) is 25.0 Å². The van der Waals surface area contributed by atoms with E-state index in [-0.39, 0.29) is 23.7 Å². The first-order chi connectivity index (χ1) is 11.7. The van der Waals surface area contributed by atoms with E-state index in [1.54, 1.807) is 0 Å². The first-order valence-electron chi connectivity index (χ1n) is 9.06. The summed E-state index contributed by atoms with van der Waals surface area (Å²) in [6.45, 7) is 5.16. The van der Waals surface area contributed by atoms with Crippen LogP contribution in [-0.2, 0) is 16.1 Å². The van der Waals surface area contributed by atoms with Crippen molar-refractivity contribution in [1.82, 2.24) is 10.2 Å². The second-order valence-electron chi connectivity index (χ2n) is 6.87. The van der Waals surface area contributed by atoms with E-state index in [1.165, 1.54) is 0 Å². The van der Waals surface area contributed by atoms with Crippen molar-refractivity contribution in [1.29, 1.82) is 0 Å². The van der Waals surface area contributed by atoms with Crippen molar-refractivity contribution < 1.29 is 9.59 Å². The van der Waals surface area contributed by atoms with Crippen LogP contribution in [0, 0.1) is 11.8 Å². The molecule has 1 aliphatic heterocycles. The van der Waals surface area contributed by atoms with E-state index in [1.807, 2.05) is 23.1 Å². The molecule has 1 aliphatic carbocycles. The Morgan fingerprint density at radius 3 is 2.79 bits per heavy atom. The molecule has 1 saturated carbocycles. The van der Waals surface area contributed by atoms with Crippen LogP contribution >= 0.6 is 0 Å². The molecule has 1 saturated heterocycles. The molecule has 1 unspecified atom stereocenters. The lowest BCUT2D eigenvalue weighted by atomic mass is 9.96. The number of hydrogen-bond donors (Lipinski definition) is 2. The maximum absolute atomic E-state index is 12.6. The average Bonchev–Trinajstić information content (AvgIpc) is 3.45. The molecule has 2 N–H and O–H groups in total. The van der Waals surface area contributed by atoms with Gasteiger partial charge >= 0.3 is 0 Å². The van der Waals surface area contributed by atoms with Gasteiger partial charge in [-0.25, -0.2) is 0 Å². The fourth-order valence-corrected chi connectivity index (χ4v) is 3.25. The molecular weight excluding hydrogens is 302 g/mol. The van der Waals surface area contributed by atoms with E-state index in [2.05, 4.69) is 23.6 Å². The highest BCUT2D eigenvalue weighted by Crippen LogP contribution is 2.32. The van der Waals surface area contributed by atoms with Gasteiger partial charge in [0, 0.05) is 31.2 Å². The van der Waals surface area contributed by atoms with E-state index >= 15 is 0 Å². The minimum absolute atomic E-state index is 0.0314. The molecule has 5 nitrogen and oxygen atoms in total. The van der Waals surface area contributed by atoms with Crippen LogP contribution < -0.4 is 10.6 Å². The number of anilines is 1. The molecule has 3 rings (SSSR count). The highest BCUT2D eigenvalue weighted by molar-refractivity contribution is 5.93. The van der Waals surface area contributed by atoms with E-state index in [0.717, 1.165) is 56.6 Å². The van der Waals surface area contributed by atoms with Gasteiger partial charge in [-0.15, -0.1) is 0 Å². The van der Waals surface area contributed by atoms with Crippen molar-refractivity contribution in [3.63, 3.8) is 0 Å². The summed E-state index contributed by atoms with van der Waals surface area (Å²) in [6, 6.07) is 7.95. The second-order valence-corrected chi connectivity index (χ2v) is 6.87. The van der Waals surface area contributed by atoms with Gasteiger partial charge in [0.05, 0.1) is 5.92 Å². The summed E-state index contributed by atoms with van der Waals surface area (Å²) in [4.78, 5) is 26.7. The van der Waals surface area contributed by atoms with Gasteiger partial charge in [0.15, 0.2) is 0 Å². The number of nitrogens with one attached hydrogen (secondary N) is 2. The van der Waals surface area contributed by atoms with Gasteiger partial charge in [-0.2, -0.15) is 0 Å². The van der Waals surface area contributed by atoms with E-state index in [9.17, 15) is 9.59 Å². The standard InChI is InChI=1S/C19H27N3O2/c1-2-20-12-14-5-3-7-17(11-14)21-18(23)16-6-4-10-22(13-16)19(24)15-8-9-15/h3,5,7,11,15-16,20H,2,4,6,8-10,12-13H2,1H3,(H,21,23). The Bertz CT molecular complexity index is 598. The van der Waals surface area contributed by atoms with Crippen molar-refractivity contribution in [2.24, 2.45) is 11.8 Å². The third-order valence-electron chi connectivity index (χ3n) is 4.80. The molecule has 130 valence electrons. The Balaban J connectivity index is 1.56. The van der Waals surface area contributed by atoms with Gasteiger partial charge in [-0.05, 0) is 49.9 Å². The third kappa shape index (κ3) is 4.35. The van der Waals surface area contributed by atoms with Crippen molar-refractivity contribution in [2.45, 2.75) is 39.2 Å². The number of piperidine rings is 1. The Labute approximate surface area is 143 Å². The van der Waals surface area contributed by atoms with Gasteiger partial charge in [0.25, 0.3) is 0 Å². The summed E-state index contributed by atoms with van der Waals surface area (Å²) < 4.78 is 0. The summed E-state index contributed by atoms with van der Waals surface area (Å²) in [5, 5.41) is 6.31. The minimum atomic E-state index is -0.0983. The van der Waals surface area contributed by atoms with E-state index in [0.29, 0.717) is 6.54 Å². The fourth-order valence-electron chi connectivity index (χ4n) is 3.25. The summed E-state index contributed by atoms with van der Waals surface area (Å²) in [5.74, 6) is 0.414. The molecule has 1 atom stereocenters. The zero-order valence-corrected chi connectivity index (χ0v) is 14.4. The van der Waals surface area contributed by atoms with E-state index < -0.39 is 0 Å². The number of nitrogens with zero attached hydrogens (tertiary/aromatic N) is 1. The zero-order valence-electron chi connectivity index (χ0n) is 14.4. The van der Waals surface area contributed by atoms with Gasteiger partial charge < -0.3 is 15.5 Å². The molecule has 5 heteroatoms. The molecule has 0 radical (unpaired) electrons. The normalized spacial score (nSPS) is 20.7. The lowest BCUT2D eigenvalue weighted by molar-refractivity contribution is -0.135. The van der Waals surface area contributed by atoms with Gasteiger partial charge in [-0.1, -0.05) is 19.1 Å². The average molecular weight is 329 g/mol. The van der Waals surface area contributed by atoms with Crippen LogP contribution in [0.25, 0.3) is 0 Å². The molecule has 0 spiro atoms. The van der Waals surface area contributed by atoms with Crippen LogP contribution in [0.1, 0.15) is 38.2 Å². The van der Waals surface area contributed by atoms with Crippen molar-refractivity contribution in [3.8, 4) is 0 Å². The smallest absolute Gasteiger partial charge is 0.229 e. The molecule has 2 amide bonds. The Morgan fingerprint density at radius 1 is 1.21 bits per heavy atom. The van der Waals surface area contributed by atoms with E-state index in [4.69, 9.17) is 0 Å². The number of rotatable bonds is 6. The van der Waals surface area contributed by atoms with Crippen LogP contribution in [0.2, 0.25) is 0 Å². The topological polar surface area (TPSA) is 61.4 Å². The number of carbonyl (C=O) groups excluding carboxylic acids is 2. The van der Waals surface area contributed by atoms with Crippen molar-refractivity contribution >= 4 is 17.5 Å². The van der Waals surface area contributed by atoms with Crippen LogP contribution in [0.15, 0.2) is 24.3 Å². The molecule has 0 aromatic heterocycles. The first kappa shape index (κ1) is 17.0. The minimum Gasteiger partial charge on any atom is -0.342 e. The Morgan fingerprint density at radius 2 is 2.04 bits per heavy atom. The molecule has 2 fully saturated rings. The zero-order chi connectivity index (χ0) is 16.9. The predicted octanol–water partition coefficient (Wildman–Crippen LogP) is 2.38. The molecule has 0 bridgehead atoms. The Hall–Kier alpha value is -1.88. The maximum atomic E-state index is 12.6. The summed E-state index contributed by atoms with van der Waals surface area (Å²) in [5.41, 5.74) is 1.99. The van der Waals surface area contributed by atoms with Crippen LogP contribution in [0.5, 0.6) is 0 Å². The predicted molar refractivity (Wildman–Crippen MR) is 94.5 cm³/mol. The molecule has 1 aromatic rings. The fraction of sp³-hybridized carbons (Fsp3) is 0.579. The summed E-state index contributed by atoms with van der Waals surface area (Å²) in [7, 11) is 0. The third-order valence-corrected chi connectivity index (χ3v) is 4.80. The van der Waals surface area contributed by atoms with Crippen LogP contribution in [0.3, 0.4) is 0 Å². The van der Waals surface area contributed by atoms with Crippen LogP contribution in [-0.4, -0.2) is 36.3 Å². The molecule has 1 aromatic carbocycles. The number of hydrogen-bond acceptors (Lipinski definition) is 3. The van der Waals surface area contributed by atoms with Gasteiger partial charge in [0.1, 0.15) is 0 Å². The SMILES string of the molecule is CCNCc1cccc(NC(=O)C2CCCN(C(=O)C3CC3)C2)c1. The quantitative estimate of drug-likeness (QED) is 0.842. The van der Waals surface area contributed by atoms with Gasteiger partial charge in [-0.3, -0.25) is 9.59 Å². The maximum Gasteiger partial charge on any atom is 0.229 e. The number of likely N-dealkylation sites (tertiary alicyclic amines) is 1. The van der Waals surface area contributed by atoms with Crippen molar-refractivity contribution in [3.05, 3.63) is 29.8 Å². The highest BCUT2D eigenvalue weighted by atomic mass is 16.2. The lowest BCUT2D eigenvalue weighted by Crippen LogP contribution is -2.44. The molecular formula is C19H27N3O2. The summed E-state index contributed by atoms with van der Waals surface area (Å²) in [6.07, 6.45) is 3.81. The second kappa shape index (κ2) is 7.79. The number of amides is 2. The first-order valence-corrected chi connectivity index (χ1v) is 9.06. The molecule has 24 heavy (non-hydrogen) atoms. The largest absolute Gasteiger partial charge is 0.342 e. The van der Waals surface area contributed by atoms with Crippen LogP contribution in [0.4, 0.5) is 5.69 Å². The molecule has 1 heterocycles. The molecule has 2 aliphatic rings. The highest BCUT2D eigenvalue weighted by Gasteiger charge is 2.36. The van der Waals surface area contributed by atoms with Gasteiger partial charge in [0.2, 0.25) is 11.8 Å². The lowest BCUT2D eigenvalue weighted by Gasteiger charge is -2.32. The summed E-state index contributed by atoms with van der Waals surface area (Å²) >= 11 is 0. The Kier molecular flexibility index (Phi) is 5.51. The number of carbonyl (C=O) groups is 2.